The van der Waals surface area contributed by atoms with Crippen molar-refractivity contribution in [1.82, 2.24) is 0 Å². The number of benzene rings is 2. The van der Waals surface area contributed by atoms with Gasteiger partial charge in [0.2, 0.25) is 0 Å². The van der Waals surface area contributed by atoms with E-state index in [4.69, 9.17) is 0 Å². The van der Waals surface area contributed by atoms with Gasteiger partial charge in [-0.3, -0.25) is 0 Å². The van der Waals surface area contributed by atoms with Crippen LogP contribution in [0.1, 0.15) is 11.6 Å². The van der Waals surface area contributed by atoms with Crippen molar-refractivity contribution in [2.45, 2.75) is 6.04 Å². The maximum absolute atomic E-state index is 13.8. The molecule has 0 bridgehead atoms. The topological polar surface area (TPSA) is 38.3 Å². The Morgan fingerprint density at radius 3 is 2.25 bits per heavy atom. The number of nitrogens with one attached hydrogen (secondary N) is 1. The summed E-state index contributed by atoms with van der Waals surface area (Å²) in [7, 11) is 1.19. The van der Waals surface area contributed by atoms with Gasteiger partial charge in [-0.15, -0.1) is 0 Å². The minimum Gasteiger partial charge on any atom is -0.467 e. The molecule has 0 aromatic heterocycles. The van der Waals surface area contributed by atoms with Gasteiger partial charge in [0.1, 0.15) is 11.6 Å². The van der Waals surface area contributed by atoms with Gasteiger partial charge in [-0.25, -0.2) is 13.6 Å². The lowest BCUT2D eigenvalue weighted by atomic mass is 10.1. The second-order valence-corrected chi connectivity index (χ2v) is 4.10. The summed E-state index contributed by atoms with van der Waals surface area (Å²) < 4.78 is 32.1. The normalized spacial score (nSPS) is 11.8. The highest BCUT2D eigenvalue weighted by Gasteiger charge is 2.25. The van der Waals surface area contributed by atoms with Crippen molar-refractivity contribution < 1.29 is 18.3 Å². The SMILES string of the molecule is COC(=O)C(Nc1ccccc1F)c1ccccc1F. The molecule has 20 heavy (non-hydrogen) atoms. The molecule has 0 aliphatic rings. The monoisotopic (exact) mass is 277 g/mol. The zero-order valence-corrected chi connectivity index (χ0v) is 10.8. The summed E-state index contributed by atoms with van der Waals surface area (Å²) in [6.45, 7) is 0. The number of hydrogen-bond acceptors (Lipinski definition) is 3. The van der Waals surface area contributed by atoms with Crippen LogP contribution in [0.25, 0.3) is 0 Å². The zero-order chi connectivity index (χ0) is 14.5. The molecule has 1 N–H and O–H groups in total. The van der Waals surface area contributed by atoms with Gasteiger partial charge >= 0.3 is 5.97 Å². The lowest BCUT2D eigenvalue weighted by Gasteiger charge is -2.18. The van der Waals surface area contributed by atoms with Gasteiger partial charge in [0.25, 0.3) is 0 Å². The molecule has 1 atom stereocenters. The van der Waals surface area contributed by atoms with Crippen molar-refractivity contribution in [3.63, 3.8) is 0 Å². The summed E-state index contributed by atoms with van der Waals surface area (Å²) in [6, 6.07) is 10.5. The minimum absolute atomic E-state index is 0.0996. The fourth-order valence-electron chi connectivity index (χ4n) is 1.82. The van der Waals surface area contributed by atoms with Crippen LogP contribution in [0.5, 0.6) is 0 Å². The van der Waals surface area contributed by atoms with Gasteiger partial charge in [-0.1, -0.05) is 30.3 Å². The molecule has 0 aliphatic carbocycles. The van der Waals surface area contributed by atoms with Gasteiger partial charge < -0.3 is 10.1 Å². The predicted molar refractivity (Wildman–Crippen MR) is 71.2 cm³/mol. The molecule has 0 radical (unpaired) electrons. The van der Waals surface area contributed by atoms with E-state index in [0.717, 1.165) is 0 Å². The number of halogens is 2. The Morgan fingerprint density at radius 2 is 1.65 bits per heavy atom. The van der Waals surface area contributed by atoms with E-state index >= 15 is 0 Å². The molecule has 0 saturated carbocycles. The number of rotatable bonds is 4. The molecular formula is C15H13F2NO2. The third-order valence-corrected chi connectivity index (χ3v) is 2.83. The number of anilines is 1. The van der Waals surface area contributed by atoms with Gasteiger partial charge in [0.05, 0.1) is 12.8 Å². The van der Waals surface area contributed by atoms with Crippen molar-refractivity contribution in [3.05, 3.63) is 65.7 Å². The molecule has 0 spiro atoms. The fraction of sp³-hybridized carbons (Fsp3) is 0.133. The lowest BCUT2D eigenvalue weighted by molar-refractivity contribution is -0.141. The standard InChI is InChI=1S/C15H13F2NO2/c1-20-15(19)14(10-6-2-3-7-11(10)16)18-13-9-5-4-8-12(13)17/h2-9,14,18H,1H3. The quantitative estimate of drug-likeness (QED) is 0.871. The molecular weight excluding hydrogens is 264 g/mol. The molecule has 0 fully saturated rings. The minimum atomic E-state index is -1.11. The van der Waals surface area contributed by atoms with Crippen LogP contribution >= 0.6 is 0 Å². The predicted octanol–water partition coefficient (Wildman–Crippen LogP) is 3.29. The van der Waals surface area contributed by atoms with E-state index in [2.05, 4.69) is 10.1 Å². The summed E-state index contributed by atoms with van der Waals surface area (Å²) in [5.74, 6) is -1.79. The summed E-state index contributed by atoms with van der Waals surface area (Å²) in [5.41, 5.74) is 0.203. The number of hydrogen-bond donors (Lipinski definition) is 1. The van der Waals surface area contributed by atoms with Crippen molar-refractivity contribution in [1.29, 1.82) is 0 Å². The van der Waals surface area contributed by atoms with Gasteiger partial charge in [-0.05, 0) is 18.2 Å². The Hall–Kier alpha value is -2.43. The molecule has 5 heteroatoms. The average Bonchev–Trinajstić information content (AvgIpc) is 2.47. The maximum atomic E-state index is 13.8. The highest BCUT2D eigenvalue weighted by molar-refractivity contribution is 5.81. The van der Waals surface area contributed by atoms with Crippen LogP contribution in [0.4, 0.5) is 14.5 Å². The van der Waals surface area contributed by atoms with Gasteiger partial charge in [-0.2, -0.15) is 0 Å². The van der Waals surface area contributed by atoms with E-state index in [1.165, 1.54) is 43.5 Å². The molecule has 0 amide bonds. The maximum Gasteiger partial charge on any atom is 0.333 e. The number of carbonyl (C=O) groups is 1. The highest BCUT2D eigenvalue weighted by atomic mass is 19.1. The Balaban J connectivity index is 2.37. The van der Waals surface area contributed by atoms with E-state index in [9.17, 15) is 13.6 Å². The molecule has 2 aromatic rings. The smallest absolute Gasteiger partial charge is 0.333 e. The van der Waals surface area contributed by atoms with E-state index < -0.39 is 23.6 Å². The summed E-state index contributed by atoms with van der Waals surface area (Å²) in [5, 5.41) is 2.67. The molecule has 2 aromatic carbocycles. The zero-order valence-electron chi connectivity index (χ0n) is 10.8. The van der Waals surface area contributed by atoms with Crippen molar-refractivity contribution >= 4 is 11.7 Å². The first-order valence-corrected chi connectivity index (χ1v) is 5.97. The number of carbonyl (C=O) groups excluding carboxylic acids is 1. The largest absolute Gasteiger partial charge is 0.467 e. The fourth-order valence-corrected chi connectivity index (χ4v) is 1.82. The summed E-state index contributed by atoms with van der Waals surface area (Å²) in [4.78, 5) is 11.8. The number of esters is 1. The van der Waals surface area contributed by atoms with Crippen LogP contribution in [0.15, 0.2) is 48.5 Å². The third kappa shape index (κ3) is 2.93. The molecule has 1 unspecified atom stereocenters. The molecule has 2 rings (SSSR count). The van der Waals surface area contributed by atoms with Gasteiger partial charge in [0, 0.05) is 5.56 Å². The Labute approximate surface area is 115 Å². The number of para-hydroxylation sites is 1. The van der Waals surface area contributed by atoms with Crippen LogP contribution in [0, 0.1) is 11.6 Å². The van der Waals surface area contributed by atoms with E-state index in [1.807, 2.05) is 0 Å². The molecule has 0 saturated heterocycles. The number of ether oxygens (including phenoxy) is 1. The van der Waals surface area contributed by atoms with E-state index in [1.54, 1.807) is 12.1 Å². The van der Waals surface area contributed by atoms with Crippen LogP contribution < -0.4 is 5.32 Å². The molecule has 0 aliphatic heterocycles. The summed E-state index contributed by atoms with van der Waals surface area (Å²) >= 11 is 0. The first kappa shape index (κ1) is 14.0. The Kier molecular flexibility index (Phi) is 4.30. The van der Waals surface area contributed by atoms with Crippen LogP contribution in [-0.4, -0.2) is 13.1 Å². The molecule has 3 nitrogen and oxygen atoms in total. The van der Waals surface area contributed by atoms with Gasteiger partial charge in [0.15, 0.2) is 6.04 Å². The average molecular weight is 277 g/mol. The molecule has 104 valence electrons. The van der Waals surface area contributed by atoms with E-state index in [0.29, 0.717) is 0 Å². The van der Waals surface area contributed by atoms with Crippen molar-refractivity contribution in [2.75, 3.05) is 12.4 Å². The van der Waals surface area contributed by atoms with Crippen LogP contribution in [0.3, 0.4) is 0 Å². The van der Waals surface area contributed by atoms with Crippen molar-refractivity contribution in [3.8, 4) is 0 Å². The first-order chi connectivity index (χ1) is 9.63. The second kappa shape index (κ2) is 6.14. The number of methoxy groups -OCH3 is 1. The van der Waals surface area contributed by atoms with E-state index in [-0.39, 0.29) is 11.3 Å². The second-order valence-electron chi connectivity index (χ2n) is 4.10. The van der Waals surface area contributed by atoms with Crippen LogP contribution in [0.2, 0.25) is 0 Å². The lowest BCUT2D eigenvalue weighted by Crippen LogP contribution is -2.23. The highest BCUT2D eigenvalue weighted by Crippen LogP contribution is 2.24. The Morgan fingerprint density at radius 1 is 1.05 bits per heavy atom. The van der Waals surface area contributed by atoms with Crippen molar-refractivity contribution in [2.24, 2.45) is 0 Å². The van der Waals surface area contributed by atoms with Crippen LogP contribution in [-0.2, 0) is 9.53 Å². The first-order valence-electron chi connectivity index (χ1n) is 5.97. The third-order valence-electron chi connectivity index (χ3n) is 2.83. The Bertz CT molecular complexity index is 616. The molecule has 0 heterocycles. The summed E-state index contributed by atoms with van der Waals surface area (Å²) in [6.07, 6.45) is 0.